The van der Waals surface area contributed by atoms with E-state index < -0.39 is 28.5 Å². The molecule has 0 aliphatic carbocycles. The summed E-state index contributed by atoms with van der Waals surface area (Å²) in [6.45, 7) is 7.18. The van der Waals surface area contributed by atoms with Crippen molar-refractivity contribution in [3.05, 3.63) is 89.5 Å². The van der Waals surface area contributed by atoms with E-state index in [1.165, 1.54) is 17.0 Å². The monoisotopic (exact) mass is 537 g/mol. The van der Waals surface area contributed by atoms with Crippen LogP contribution in [0.25, 0.3) is 0 Å². The van der Waals surface area contributed by atoms with Crippen LogP contribution in [-0.4, -0.2) is 51.4 Å². The molecule has 0 saturated heterocycles. The molecule has 9 heteroatoms. The molecule has 3 aromatic rings. The average molecular weight is 538 g/mol. The van der Waals surface area contributed by atoms with Crippen molar-refractivity contribution in [1.82, 2.24) is 10.2 Å². The third-order valence-electron chi connectivity index (χ3n) is 6.46. The Bertz CT molecular complexity index is 1380. The Hall–Kier alpha value is -3.85. The first-order valence-corrected chi connectivity index (χ1v) is 13.9. The van der Waals surface area contributed by atoms with Gasteiger partial charge in [-0.05, 0) is 74.7 Å². The number of hydrogen-bond donors (Lipinski definition) is 1. The second kappa shape index (κ2) is 12.6. The predicted molar refractivity (Wildman–Crippen MR) is 149 cm³/mol. The number of anilines is 1. The lowest BCUT2D eigenvalue weighted by Gasteiger charge is -2.32. The summed E-state index contributed by atoms with van der Waals surface area (Å²) in [5.41, 5.74) is 2.80. The highest BCUT2D eigenvalue weighted by Crippen LogP contribution is 2.29. The summed E-state index contributed by atoms with van der Waals surface area (Å²) in [5.74, 6) is -0.218. The van der Waals surface area contributed by atoms with Gasteiger partial charge in [-0.3, -0.25) is 13.9 Å². The molecular weight excluding hydrogens is 502 g/mol. The third-order valence-corrected chi connectivity index (χ3v) is 8.23. The van der Waals surface area contributed by atoms with Crippen molar-refractivity contribution in [2.24, 2.45) is 0 Å². The molecule has 3 rings (SSSR count). The molecule has 0 saturated carbocycles. The molecule has 0 heterocycles. The largest absolute Gasteiger partial charge is 0.497 e. The van der Waals surface area contributed by atoms with Crippen LogP contribution in [0.15, 0.2) is 77.7 Å². The first kappa shape index (κ1) is 28.7. The maximum absolute atomic E-state index is 13.9. The second-order valence-electron chi connectivity index (χ2n) is 8.99. The van der Waals surface area contributed by atoms with Gasteiger partial charge in [0.1, 0.15) is 18.3 Å². The highest BCUT2D eigenvalue weighted by molar-refractivity contribution is 7.92. The zero-order valence-corrected chi connectivity index (χ0v) is 23.3. The van der Waals surface area contributed by atoms with Gasteiger partial charge in [-0.25, -0.2) is 8.42 Å². The second-order valence-corrected chi connectivity index (χ2v) is 10.8. The number of carbonyl (C=O) groups is 2. The van der Waals surface area contributed by atoms with E-state index in [1.807, 2.05) is 26.0 Å². The van der Waals surface area contributed by atoms with Crippen molar-refractivity contribution in [1.29, 1.82) is 0 Å². The molecule has 0 unspecified atom stereocenters. The molecule has 3 aromatic carbocycles. The van der Waals surface area contributed by atoms with Gasteiger partial charge in [-0.1, -0.05) is 42.5 Å². The normalized spacial score (nSPS) is 11.9. The van der Waals surface area contributed by atoms with Crippen molar-refractivity contribution >= 4 is 27.5 Å². The van der Waals surface area contributed by atoms with Gasteiger partial charge in [-0.2, -0.15) is 0 Å². The maximum atomic E-state index is 13.9. The molecule has 38 heavy (non-hydrogen) atoms. The molecule has 0 aliphatic rings. The summed E-state index contributed by atoms with van der Waals surface area (Å²) in [4.78, 5) is 28.2. The molecule has 0 fully saturated rings. The van der Waals surface area contributed by atoms with Gasteiger partial charge >= 0.3 is 0 Å². The number of ether oxygens (including phenoxy) is 1. The Labute approximate surface area is 225 Å². The molecule has 2 amide bonds. The molecule has 1 atom stereocenters. The number of rotatable bonds is 11. The van der Waals surface area contributed by atoms with Gasteiger partial charge in [0.25, 0.3) is 10.0 Å². The zero-order valence-electron chi connectivity index (χ0n) is 22.5. The molecular formula is C29H35N3O5S. The smallest absolute Gasteiger partial charge is 0.264 e. The van der Waals surface area contributed by atoms with Crippen LogP contribution in [0.3, 0.4) is 0 Å². The van der Waals surface area contributed by atoms with Crippen LogP contribution in [0.5, 0.6) is 5.75 Å². The number of nitrogens with zero attached hydrogens (tertiary/aromatic N) is 2. The number of methoxy groups -OCH3 is 1. The maximum Gasteiger partial charge on any atom is 0.264 e. The zero-order chi connectivity index (χ0) is 27.9. The van der Waals surface area contributed by atoms with Crippen molar-refractivity contribution in [3.8, 4) is 5.75 Å². The van der Waals surface area contributed by atoms with Crippen LogP contribution in [0, 0.1) is 13.8 Å². The number of aryl methyl sites for hydroxylation is 1. The molecule has 0 spiro atoms. The molecule has 1 N–H and O–H groups in total. The van der Waals surface area contributed by atoms with Gasteiger partial charge < -0.3 is 15.0 Å². The average Bonchev–Trinajstić information content (AvgIpc) is 2.92. The molecule has 0 radical (unpaired) electrons. The van der Waals surface area contributed by atoms with Gasteiger partial charge in [0.15, 0.2) is 0 Å². The number of hydrogen-bond acceptors (Lipinski definition) is 5. The fourth-order valence-electron chi connectivity index (χ4n) is 4.11. The van der Waals surface area contributed by atoms with Crippen LogP contribution in [0.4, 0.5) is 5.69 Å². The van der Waals surface area contributed by atoms with Crippen LogP contribution >= 0.6 is 0 Å². The number of carbonyl (C=O) groups excluding carboxylic acids is 2. The van der Waals surface area contributed by atoms with Crippen LogP contribution in [-0.2, 0) is 26.2 Å². The van der Waals surface area contributed by atoms with Gasteiger partial charge in [0.2, 0.25) is 11.8 Å². The Morgan fingerprint density at radius 1 is 0.974 bits per heavy atom. The number of likely N-dealkylation sites (N-methyl/N-ethyl adjacent to an activating group) is 1. The van der Waals surface area contributed by atoms with Gasteiger partial charge in [0.05, 0.1) is 17.7 Å². The SMILES string of the molecule is CCNC(=O)[C@H](C)N(Cc1cccc(OC)c1)C(=O)CN(c1cccc(C)c1C)S(=O)(=O)c1ccccc1. The highest BCUT2D eigenvalue weighted by atomic mass is 32.2. The molecule has 0 aromatic heterocycles. The quantitative estimate of drug-likeness (QED) is 0.398. The Morgan fingerprint density at radius 2 is 1.66 bits per heavy atom. The van der Waals surface area contributed by atoms with E-state index in [0.29, 0.717) is 18.0 Å². The fourth-order valence-corrected chi connectivity index (χ4v) is 5.60. The third kappa shape index (κ3) is 6.52. The summed E-state index contributed by atoms with van der Waals surface area (Å²) in [6.07, 6.45) is 0. The Morgan fingerprint density at radius 3 is 2.32 bits per heavy atom. The minimum atomic E-state index is -4.10. The topological polar surface area (TPSA) is 96.0 Å². The molecule has 202 valence electrons. The van der Waals surface area contributed by atoms with Crippen molar-refractivity contribution in [2.45, 2.75) is 45.2 Å². The Kier molecular flexibility index (Phi) is 9.52. The summed E-state index contributed by atoms with van der Waals surface area (Å²) in [6, 6.07) is 19.7. The van der Waals surface area contributed by atoms with Crippen molar-refractivity contribution < 1.29 is 22.7 Å². The van der Waals surface area contributed by atoms with E-state index in [4.69, 9.17) is 4.74 Å². The standard InChI is InChI=1S/C29H35N3O5S/c1-6-30-29(34)23(4)31(19-24-13-11-14-25(18-24)37-5)28(33)20-32(27-17-10-12-21(2)22(27)3)38(35,36)26-15-8-7-9-16-26/h7-18,23H,6,19-20H2,1-5H3,(H,30,34)/t23-/m0/s1. The fraction of sp³-hybridized carbons (Fsp3) is 0.310. The Balaban J connectivity index is 2.07. The van der Waals surface area contributed by atoms with E-state index in [0.717, 1.165) is 21.0 Å². The van der Waals surface area contributed by atoms with Gasteiger partial charge in [0, 0.05) is 13.1 Å². The van der Waals surface area contributed by atoms with E-state index in [-0.39, 0.29) is 17.3 Å². The number of amides is 2. The van der Waals surface area contributed by atoms with E-state index >= 15 is 0 Å². The van der Waals surface area contributed by atoms with E-state index in [1.54, 1.807) is 69.5 Å². The summed E-state index contributed by atoms with van der Waals surface area (Å²) in [7, 11) is -2.54. The lowest BCUT2D eigenvalue weighted by atomic mass is 10.1. The number of benzene rings is 3. The first-order valence-electron chi connectivity index (χ1n) is 12.4. The summed E-state index contributed by atoms with van der Waals surface area (Å²) >= 11 is 0. The summed E-state index contributed by atoms with van der Waals surface area (Å²) < 4.78 is 34.2. The van der Waals surface area contributed by atoms with E-state index in [2.05, 4.69) is 5.32 Å². The molecule has 0 aliphatic heterocycles. The minimum Gasteiger partial charge on any atom is -0.497 e. The minimum absolute atomic E-state index is 0.0739. The van der Waals surface area contributed by atoms with Crippen LogP contribution < -0.4 is 14.4 Å². The predicted octanol–water partition coefficient (Wildman–Crippen LogP) is 4.06. The molecule has 0 bridgehead atoms. The lowest BCUT2D eigenvalue weighted by molar-refractivity contribution is -0.139. The number of sulfonamides is 1. The van der Waals surface area contributed by atoms with Crippen LogP contribution in [0.1, 0.15) is 30.5 Å². The first-order chi connectivity index (χ1) is 18.1. The summed E-state index contributed by atoms with van der Waals surface area (Å²) in [5, 5.41) is 2.76. The van der Waals surface area contributed by atoms with Crippen LogP contribution in [0.2, 0.25) is 0 Å². The highest BCUT2D eigenvalue weighted by Gasteiger charge is 2.33. The van der Waals surface area contributed by atoms with Crippen molar-refractivity contribution in [2.75, 3.05) is 24.5 Å². The van der Waals surface area contributed by atoms with Gasteiger partial charge in [-0.15, -0.1) is 0 Å². The lowest BCUT2D eigenvalue weighted by Crippen LogP contribution is -2.51. The van der Waals surface area contributed by atoms with E-state index in [9.17, 15) is 18.0 Å². The molecule has 8 nitrogen and oxygen atoms in total. The number of nitrogens with one attached hydrogen (secondary N) is 1. The van der Waals surface area contributed by atoms with Crippen molar-refractivity contribution in [3.63, 3.8) is 0 Å².